The molecule has 0 aliphatic heterocycles. The van der Waals surface area contributed by atoms with Gasteiger partial charge in [-0.3, -0.25) is 4.55 Å². The van der Waals surface area contributed by atoms with Crippen LogP contribution in [0.3, 0.4) is 0 Å². The molecule has 0 spiro atoms. The summed E-state index contributed by atoms with van der Waals surface area (Å²) in [5, 5.41) is 8.85. The van der Waals surface area contributed by atoms with E-state index in [0.29, 0.717) is 12.7 Å². The van der Waals surface area contributed by atoms with Crippen LogP contribution >= 0.6 is 0 Å². The zero-order chi connectivity index (χ0) is 19.2. The molecule has 2 unspecified atom stereocenters. The molecule has 0 fully saturated rings. The molecule has 0 aliphatic rings. The lowest BCUT2D eigenvalue weighted by molar-refractivity contribution is 0.0461. The summed E-state index contributed by atoms with van der Waals surface area (Å²) in [6.45, 7) is 14.2. The van der Waals surface area contributed by atoms with E-state index >= 15 is 0 Å². The van der Waals surface area contributed by atoms with Gasteiger partial charge in [0.2, 0.25) is 0 Å². The first-order valence-electron chi connectivity index (χ1n) is 8.15. The van der Waals surface area contributed by atoms with E-state index in [1.165, 1.54) is 0 Å². The molecule has 0 radical (unpaired) electrons. The molecule has 11 heteroatoms. The van der Waals surface area contributed by atoms with Gasteiger partial charge in [0.05, 0.1) is 18.1 Å². The van der Waals surface area contributed by atoms with Crippen LogP contribution in [0.2, 0.25) is 45.3 Å². The molecule has 7 nitrogen and oxygen atoms in total. The summed E-state index contributed by atoms with van der Waals surface area (Å²) in [5.74, 6) is 0. The smallest absolute Gasteiger partial charge is 0.314 e. The van der Waals surface area contributed by atoms with Gasteiger partial charge < -0.3 is 18.1 Å². The van der Waals surface area contributed by atoms with Crippen LogP contribution in [0, 0.1) is 0 Å². The summed E-state index contributed by atoms with van der Waals surface area (Å²) < 4.78 is 49.6. The molecule has 2 N–H and O–H groups in total. The van der Waals surface area contributed by atoms with E-state index in [9.17, 15) is 13.5 Å². The number of aliphatic hydroxyl groups is 1. The summed E-state index contributed by atoms with van der Waals surface area (Å²) in [5.41, 5.74) is 0. The molecule has 2 atom stereocenters. The Labute approximate surface area is 150 Å². The number of rotatable bonds is 12. The fourth-order valence-corrected chi connectivity index (χ4v) is 18.9. The zero-order valence-electron chi connectivity index (χ0n) is 16.0. The highest BCUT2D eigenvalue weighted by atomic mass is 32.2. The van der Waals surface area contributed by atoms with Crippen molar-refractivity contribution in [2.45, 2.75) is 64.8 Å². The number of hydrogen-bond donors (Lipinski definition) is 2. The van der Waals surface area contributed by atoms with E-state index in [1.807, 2.05) is 6.55 Å². The molecule has 0 rings (SSSR count). The second-order valence-electron chi connectivity index (χ2n) is 7.96. The molecule has 0 aromatic carbocycles. The van der Waals surface area contributed by atoms with E-state index in [0.717, 1.165) is 6.42 Å². The standard InChI is InChI=1S/C13H34O7SSi3/c1-13(14)11-18-9-8-10-24(7,19-22(2,3)4)20-23(5,6)12-21(15,16)17/h13-14H,8-12H2,1-7H3,(H,15,16,17). The third kappa shape index (κ3) is 13.7. The summed E-state index contributed by atoms with van der Waals surface area (Å²) in [7, 11) is -11.2. The van der Waals surface area contributed by atoms with Gasteiger partial charge in [0.15, 0.2) is 16.6 Å². The Morgan fingerprint density at radius 3 is 2.00 bits per heavy atom. The van der Waals surface area contributed by atoms with Crippen LogP contribution in [0.25, 0.3) is 0 Å². The molecular formula is C13H34O7SSi3. The Morgan fingerprint density at radius 1 is 1.04 bits per heavy atom. The van der Waals surface area contributed by atoms with Gasteiger partial charge in [-0.2, -0.15) is 8.42 Å². The topological polar surface area (TPSA) is 102 Å². The maximum absolute atomic E-state index is 11.2. The lowest BCUT2D eigenvalue weighted by atomic mass is 10.4. The van der Waals surface area contributed by atoms with E-state index < -0.39 is 41.4 Å². The monoisotopic (exact) mass is 418 g/mol. The van der Waals surface area contributed by atoms with Crippen molar-refractivity contribution in [3.8, 4) is 0 Å². The third-order valence-electron chi connectivity index (χ3n) is 2.82. The Hall–Kier alpha value is 0.401. The van der Waals surface area contributed by atoms with Crippen LogP contribution in [-0.4, -0.2) is 68.0 Å². The highest BCUT2D eigenvalue weighted by molar-refractivity contribution is 7.87. The average molecular weight is 419 g/mol. The van der Waals surface area contributed by atoms with Crippen molar-refractivity contribution < 1.29 is 31.0 Å². The largest absolute Gasteiger partial charge is 0.437 e. The van der Waals surface area contributed by atoms with Crippen LogP contribution in [0.1, 0.15) is 13.3 Å². The highest BCUT2D eigenvalue weighted by Gasteiger charge is 2.43. The quantitative estimate of drug-likeness (QED) is 0.285. The van der Waals surface area contributed by atoms with Gasteiger partial charge in [0, 0.05) is 6.61 Å². The van der Waals surface area contributed by atoms with Gasteiger partial charge >= 0.3 is 8.56 Å². The molecule has 0 saturated heterocycles. The minimum Gasteiger partial charge on any atom is -0.437 e. The van der Waals surface area contributed by atoms with Crippen LogP contribution in [0.15, 0.2) is 0 Å². The van der Waals surface area contributed by atoms with Crippen molar-refractivity contribution in [3.05, 3.63) is 0 Å². The van der Waals surface area contributed by atoms with Crippen molar-refractivity contribution in [1.82, 2.24) is 0 Å². The predicted molar refractivity (Wildman–Crippen MR) is 103 cm³/mol. The molecule has 0 amide bonds. The second kappa shape index (κ2) is 9.37. The Kier molecular flexibility index (Phi) is 9.53. The van der Waals surface area contributed by atoms with Gasteiger partial charge in [-0.05, 0) is 58.7 Å². The summed E-state index contributed by atoms with van der Waals surface area (Å²) in [4.78, 5) is 0. The van der Waals surface area contributed by atoms with Crippen LogP contribution in [-0.2, 0) is 23.1 Å². The van der Waals surface area contributed by atoms with E-state index in [2.05, 4.69) is 19.6 Å². The summed E-state index contributed by atoms with van der Waals surface area (Å²) in [6, 6.07) is 0.680. The minimum atomic E-state index is -4.07. The molecule has 0 heterocycles. The molecule has 0 saturated carbocycles. The van der Waals surface area contributed by atoms with Crippen molar-refractivity contribution in [3.63, 3.8) is 0 Å². The maximum Gasteiger partial charge on any atom is 0.314 e. The second-order valence-corrected chi connectivity index (χ2v) is 22.4. The fourth-order valence-electron chi connectivity index (χ4n) is 2.57. The number of hydrogen-bond acceptors (Lipinski definition) is 6. The van der Waals surface area contributed by atoms with Gasteiger partial charge in [0.25, 0.3) is 10.1 Å². The molecule has 0 aromatic rings. The average Bonchev–Trinajstić information content (AvgIpc) is 2.19. The maximum atomic E-state index is 11.2. The van der Waals surface area contributed by atoms with Gasteiger partial charge in [-0.15, -0.1) is 0 Å². The van der Waals surface area contributed by atoms with E-state index in [-0.39, 0.29) is 12.0 Å². The fraction of sp³-hybridized carbons (Fsp3) is 1.00. The van der Waals surface area contributed by atoms with Crippen molar-refractivity contribution >= 4 is 35.3 Å². The van der Waals surface area contributed by atoms with Gasteiger partial charge in [0.1, 0.15) is 0 Å². The Bertz CT molecular complexity index is 476. The molecule has 24 heavy (non-hydrogen) atoms. The normalized spacial score (nSPS) is 17.5. The SMILES string of the molecule is CC(O)COCCC[Si](C)(O[Si](C)(C)C)O[Si](C)(C)CS(=O)(=O)O. The van der Waals surface area contributed by atoms with E-state index in [4.69, 9.17) is 17.5 Å². The first kappa shape index (κ1) is 24.4. The lowest BCUT2D eigenvalue weighted by Crippen LogP contribution is -2.55. The first-order chi connectivity index (χ1) is 10.5. The molecule has 0 aromatic heterocycles. The van der Waals surface area contributed by atoms with Gasteiger partial charge in [-0.25, -0.2) is 0 Å². The number of ether oxygens (including phenoxy) is 1. The highest BCUT2D eigenvalue weighted by Crippen LogP contribution is 2.26. The lowest BCUT2D eigenvalue weighted by Gasteiger charge is -2.39. The molecule has 0 bridgehead atoms. The third-order valence-corrected chi connectivity index (χ3v) is 16.4. The zero-order valence-corrected chi connectivity index (χ0v) is 19.8. The Balaban J connectivity index is 4.88. The first-order valence-corrected chi connectivity index (χ1v) is 18.8. The van der Waals surface area contributed by atoms with Crippen molar-refractivity contribution in [2.24, 2.45) is 0 Å². The minimum absolute atomic E-state index is 0.289. The molecular weight excluding hydrogens is 384 g/mol. The number of aliphatic hydroxyl groups excluding tert-OH is 1. The van der Waals surface area contributed by atoms with Crippen LogP contribution in [0.5, 0.6) is 0 Å². The molecule has 146 valence electrons. The molecule has 0 aliphatic carbocycles. The van der Waals surface area contributed by atoms with Crippen molar-refractivity contribution in [2.75, 3.05) is 18.6 Å². The summed E-state index contributed by atoms with van der Waals surface area (Å²) in [6.07, 6.45) is 0.222. The summed E-state index contributed by atoms with van der Waals surface area (Å²) >= 11 is 0. The van der Waals surface area contributed by atoms with Crippen LogP contribution in [0.4, 0.5) is 0 Å². The van der Waals surface area contributed by atoms with Crippen LogP contribution < -0.4 is 0 Å². The van der Waals surface area contributed by atoms with E-state index in [1.54, 1.807) is 20.0 Å². The predicted octanol–water partition coefficient (Wildman–Crippen LogP) is 2.35. The Morgan fingerprint density at radius 2 is 1.58 bits per heavy atom. The van der Waals surface area contributed by atoms with Gasteiger partial charge in [-0.1, -0.05) is 0 Å². The van der Waals surface area contributed by atoms with Crippen molar-refractivity contribution in [1.29, 1.82) is 0 Å².